The first-order chi connectivity index (χ1) is 12.9. The number of carbonyl (C=O) groups is 2. The van der Waals surface area contributed by atoms with E-state index in [0.717, 1.165) is 18.4 Å². The minimum Gasteiger partial charge on any atom is -0.274 e. The van der Waals surface area contributed by atoms with Crippen LogP contribution in [0.1, 0.15) is 39.2 Å². The number of aryl methyl sites for hydroxylation is 1. The van der Waals surface area contributed by atoms with E-state index in [2.05, 4.69) is 13.8 Å². The first kappa shape index (κ1) is 21.2. The molecule has 1 aliphatic rings. The SMILES string of the molecule is CCC(CC)C1C(=O)N(c2cc(C)cc(Cl)c2)C(=O)C1C.c1ccccc1. The van der Waals surface area contributed by atoms with Crippen LogP contribution in [-0.4, -0.2) is 11.8 Å². The van der Waals surface area contributed by atoms with Crippen LogP contribution in [0.4, 0.5) is 5.69 Å². The fourth-order valence-corrected chi connectivity index (χ4v) is 4.00. The molecule has 1 fully saturated rings. The van der Waals surface area contributed by atoms with Crippen molar-refractivity contribution in [3.05, 3.63) is 65.2 Å². The van der Waals surface area contributed by atoms with Gasteiger partial charge in [0.05, 0.1) is 11.6 Å². The standard InChI is InChI=1S/C17H22ClNO2.C6H6/c1-5-12(6-2)15-11(4)16(20)19(17(15)21)14-8-10(3)7-13(18)9-14;1-2-4-6-5-3-1/h7-9,11-12,15H,5-6H2,1-4H3;1-6H. The molecule has 1 heterocycles. The Balaban J connectivity index is 0.000000369. The molecule has 2 unspecified atom stereocenters. The molecule has 2 atom stereocenters. The minimum absolute atomic E-state index is 0.0807. The van der Waals surface area contributed by atoms with E-state index in [4.69, 9.17) is 11.6 Å². The van der Waals surface area contributed by atoms with Crippen molar-refractivity contribution in [2.75, 3.05) is 4.90 Å². The molecule has 0 aromatic heterocycles. The molecule has 2 amide bonds. The second-order valence-electron chi connectivity index (χ2n) is 7.04. The lowest BCUT2D eigenvalue weighted by atomic mass is 9.81. The molecular formula is C23H28ClNO2. The van der Waals surface area contributed by atoms with Crippen LogP contribution >= 0.6 is 11.6 Å². The molecule has 0 aliphatic carbocycles. The van der Waals surface area contributed by atoms with Crippen molar-refractivity contribution >= 4 is 29.1 Å². The van der Waals surface area contributed by atoms with Crippen LogP contribution in [0.3, 0.4) is 0 Å². The van der Waals surface area contributed by atoms with E-state index in [1.54, 1.807) is 6.07 Å². The highest BCUT2D eigenvalue weighted by Gasteiger charge is 2.48. The Morgan fingerprint density at radius 2 is 1.44 bits per heavy atom. The van der Waals surface area contributed by atoms with E-state index >= 15 is 0 Å². The fraction of sp³-hybridized carbons (Fsp3) is 0.391. The first-order valence-electron chi connectivity index (χ1n) is 9.55. The topological polar surface area (TPSA) is 37.4 Å². The highest BCUT2D eigenvalue weighted by Crippen LogP contribution is 2.38. The lowest BCUT2D eigenvalue weighted by molar-refractivity contribution is -0.123. The van der Waals surface area contributed by atoms with Gasteiger partial charge < -0.3 is 0 Å². The molecular weight excluding hydrogens is 358 g/mol. The van der Waals surface area contributed by atoms with Crippen molar-refractivity contribution in [2.24, 2.45) is 17.8 Å². The van der Waals surface area contributed by atoms with Gasteiger partial charge in [0.1, 0.15) is 0 Å². The molecule has 144 valence electrons. The molecule has 2 aromatic carbocycles. The van der Waals surface area contributed by atoms with Crippen LogP contribution < -0.4 is 4.90 Å². The van der Waals surface area contributed by atoms with Crippen LogP contribution in [0.5, 0.6) is 0 Å². The van der Waals surface area contributed by atoms with E-state index in [9.17, 15) is 9.59 Å². The molecule has 27 heavy (non-hydrogen) atoms. The van der Waals surface area contributed by atoms with Gasteiger partial charge in [-0.15, -0.1) is 0 Å². The molecule has 0 radical (unpaired) electrons. The average Bonchev–Trinajstić information content (AvgIpc) is 2.87. The monoisotopic (exact) mass is 385 g/mol. The van der Waals surface area contributed by atoms with E-state index < -0.39 is 0 Å². The van der Waals surface area contributed by atoms with E-state index in [-0.39, 0.29) is 29.6 Å². The lowest BCUT2D eigenvalue weighted by Crippen LogP contribution is -2.32. The van der Waals surface area contributed by atoms with Crippen LogP contribution in [0.2, 0.25) is 5.02 Å². The fourth-order valence-electron chi connectivity index (χ4n) is 3.72. The summed E-state index contributed by atoms with van der Waals surface area (Å²) in [5.41, 5.74) is 1.53. The van der Waals surface area contributed by atoms with Gasteiger partial charge in [0.15, 0.2) is 0 Å². The Labute approximate surface area is 167 Å². The number of benzene rings is 2. The maximum atomic E-state index is 12.8. The number of nitrogens with zero attached hydrogens (tertiary/aromatic N) is 1. The van der Waals surface area contributed by atoms with Gasteiger partial charge in [-0.2, -0.15) is 0 Å². The van der Waals surface area contributed by atoms with Crippen molar-refractivity contribution in [2.45, 2.75) is 40.5 Å². The highest BCUT2D eigenvalue weighted by molar-refractivity contribution is 6.31. The van der Waals surface area contributed by atoms with E-state index in [1.165, 1.54) is 4.90 Å². The number of hydrogen-bond acceptors (Lipinski definition) is 2. The van der Waals surface area contributed by atoms with Crippen LogP contribution in [-0.2, 0) is 9.59 Å². The number of halogens is 1. The first-order valence-corrected chi connectivity index (χ1v) is 9.93. The molecule has 3 rings (SSSR count). The summed E-state index contributed by atoms with van der Waals surface area (Å²) >= 11 is 6.06. The minimum atomic E-state index is -0.262. The molecule has 2 aromatic rings. The third-order valence-corrected chi connectivity index (χ3v) is 5.38. The molecule has 1 saturated heterocycles. The van der Waals surface area contributed by atoms with Gasteiger partial charge >= 0.3 is 0 Å². The molecule has 0 saturated carbocycles. The largest absolute Gasteiger partial charge is 0.274 e. The number of hydrogen-bond donors (Lipinski definition) is 0. The summed E-state index contributed by atoms with van der Waals surface area (Å²) in [7, 11) is 0. The number of carbonyl (C=O) groups excluding carboxylic acids is 2. The van der Waals surface area contributed by atoms with Crippen molar-refractivity contribution in [3.8, 4) is 0 Å². The van der Waals surface area contributed by atoms with E-state index in [0.29, 0.717) is 10.7 Å². The van der Waals surface area contributed by atoms with Crippen molar-refractivity contribution in [1.82, 2.24) is 0 Å². The predicted molar refractivity (Wildman–Crippen MR) is 112 cm³/mol. The maximum absolute atomic E-state index is 12.8. The molecule has 0 spiro atoms. The number of anilines is 1. The van der Waals surface area contributed by atoms with Crippen LogP contribution in [0, 0.1) is 24.7 Å². The second-order valence-corrected chi connectivity index (χ2v) is 7.48. The summed E-state index contributed by atoms with van der Waals surface area (Å²) in [5.74, 6) is -0.420. The molecule has 3 nitrogen and oxygen atoms in total. The van der Waals surface area contributed by atoms with Gasteiger partial charge in [-0.25, -0.2) is 4.90 Å². The number of amides is 2. The van der Waals surface area contributed by atoms with Crippen molar-refractivity contribution in [3.63, 3.8) is 0 Å². The zero-order valence-corrected chi connectivity index (χ0v) is 17.2. The van der Waals surface area contributed by atoms with Crippen LogP contribution in [0.15, 0.2) is 54.6 Å². The Bertz CT molecular complexity index is 724. The second kappa shape index (κ2) is 9.70. The summed E-state index contributed by atoms with van der Waals surface area (Å²) < 4.78 is 0. The smallest absolute Gasteiger partial charge is 0.237 e. The zero-order chi connectivity index (χ0) is 20.0. The third-order valence-electron chi connectivity index (χ3n) is 5.16. The van der Waals surface area contributed by atoms with Gasteiger partial charge in [0.25, 0.3) is 0 Å². The van der Waals surface area contributed by atoms with Gasteiger partial charge in [-0.1, -0.05) is 81.6 Å². The molecule has 0 bridgehead atoms. The number of imide groups is 1. The van der Waals surface area contributed by atoms with Crippen molar-refractivity contribution in [1.29, 1.82) is 0 Å². The average molecular weight is 386 g/mol. The highest BCUT2D eigenvalue weighted by atomic mass is 35.5. The van der Waals surface area contributed by atoms with Gasteiger partial charge in [-0.05, 0) is 36.6 Å². The van der Waals surface area contributed by atoms with Crippen LogP contribution in [0.25, 0.3) is 0 Å². The molecule has 1 aliphatic heterocycles. The molecule has 0 N–H and O–H groups in total. The summed E-state index contributed by atoms with van der Waals surface area (Å²) in [4.78, 5) is 26.6. The molecule has 4 heteroatoms. The summed E-state index contributed by atoms with van der Waals surface area (Å²) in [6.45, 7) is 7.92. The lowest BCUT2D eigenvalue weighted by Gasteiger charge is -2.21. The normalized spacial score (nSPS) is 19.3. The summed E-state index contributed by atoms with van der Waals surface area (Å²) in [6, 6.07) is 17.3. The van der Waals surface area contributed by atoms with Gasteiger partial charge in [-0.3, -0.25) is 9.59 Å². The van der Waals surface area contributed by atoms with Crippen molar-refractivity contribution < 1.29 is 9.59 Å². The number of rotatable bonds is 4. The van der Waals surface area contributed by atoms with Gasteiger partial charge in [0, 0.05) is 10.9 Å². The van der Waals surface area contributed by atoms with Gasteiger partial charge in [0.2, 0.25) is 11.8 Å². The predicted octanol–water partition coefficient (Wildman–Crippen LogP) is 5.90. The maximum Gasteiger partial charge on any atom is 0.237 e. The Morgan fingerprint density at radius 3 is 1.89 bits per heavy atom. The Kier molecular flexibility index (Phi) is 7.61. The third kappa shape index (κ3) is 4.98. The Hall–Kier alpha value is -2.13. The summed E-state index contributed by atoms with van der Waals surface area (Å²) in [6.07, 6.45) is 1.82. The quantitative estimate of drug-likeness (QED) is 0.614. The van der Waals surface area contributed by atoms with E-state index in [1.807, 2.05) is 62.4 Å². The zero-order valence-electron chi connectivity index (χ0n) is 16.5. The Morgan fingerprint density at radius 1 is 0.926 bits per heavy atom. The summed E-state index contributed by atoms with van der Waals surface area (Å²) in [5, 5.41) is 0.546.